The molecule has 0 fully saturated rings. The standard InChI is InChI=1S/C23H28N2O3/c26-21(18-13-15-24-16-14-18)12-6-4-2-1-3-5-9-17-25-22(27)19-10-7-8-11-20(19)23(25)28/h7-8,10-11,13-16,21,26H,1-6,9,12,17H2. The smallest absolute Gasteiger partial charge is 0.261 e. The van der Waals surface area contributed by atoms with E-state index in [1.165, 1.54) is 4.90 Å². The van der Waals surface area contributed by atoms with Crippen molar-refractivity contribution in [3.63, 3.8) is 0 Å². The summed E-state index contributed by atoms with van der Waals surface area (Å²) in [5.41, 5.74) is 1.99. The molecular formula is C23H28N2O3. The van der Waals surface area contributed by atoms with Crippen LogP contribution in [-0.4, -0.2) is 33.3 Å². The summed E-state index contributed by atoms with van der Waals surface area (Å²) in [6.07, 6.45) is 11.2. The third kappa shape index (κ3) is 5.04. The lowest BCUT2D eigenvalue weighted by molar-refractivity contribution is 0.0651. The van der Waals surface area contributed by atoms with Gasteiger partial charge in [-0.3, -0.25) is 19.5 Å². The van der Waals surface area contributed by atoms with Crippen LogP contribution in [0.2, 0.25) is 0 Å². The van der Waals surface area contributed by atoms with Crippen molar-refractivity contribution in [3.8, 4) is 0 Å². The molecule has 0 saturated heterocycles. The Hall–Kier alpha value is -2.53. The van der Waals surface area contributed by atoms with Gasteiger partial charge in [0.05, 0.1) is 17.2 Å². The van der Waals surface area contributed by atoms with Crippen LogP contribution in [0.4, 0.5) is 0 Å². The maximum atomic E-state index is 12.3. The fourth-order valence-corrected chi connectivity index (χ4v) is 3.69. The van der Waals surface area contributed by atoms with Crippen LogP contribution >= 0.6 is 0 Å². The summed E-state index contributed by atoms with van der Waals surface area (Å²) in [5, 5.41) is 10.1. The first kappa shape index (κ1) is 20.2. The highest BCUT2D eigenvalue weighted by Crippen LogP contribution is 2.23. The number of carbonyl (C=O) groups is 2. The lowest BCUT2D eigenvalue weighted by Gasteiger charge is -2.13. The molecule has 2 amide bonds. The maximum Gasteiger partial charge on any atom is 0.261 e. The molecule has 0 aliphatic carbocycles. The van der Waals surface area contributed by atoms with E-state index < -0.39 is 6.10 Å². The summed E-state index contributed by atoms with van der Waals surface area (Å²) in [4.78, 5) is 29.9. The Morgan fingerprint density at radius 3 is 1.93 bits per heavy atom. The van der Waals surface area contributed by atoms with Gasteiger partial charge in [-0.25, -0.2) is 0 Å². The lowest BCUT2D eigenvalue weighted by atomic mass is 10.0. The van der Waals surface area contributed by atoms with Gasteiger partial charge in [0.2, 0.25) is 0 Å². The number of aliphatic hydroxyl groups is 1. The number of benzene rings is 1. The van der Waals surface area contributed by atoms with Crippen molar-refractivity contribution in [2.24, 2.45) is 0 Å². The summed E-state index contributed by atoms with van der Waals surface area (Å²) >= 11 is 0. The first-order valence-corrected chi connectivity index (χ1v) is 10.2. The topological polar surface area (TPSA) is 70.5 Å². The average Bonchev–Trinajstić information content (AvgIpc) is 2.98. The predicted molar refractivity (Wildman–Crippen MR) is 108 cm³/mol. The zero-order chi connectivity index (χ0) is 19.8. The molecule has 2 heterocycles. The van der Waals surface area contributed by atoms with E-state index in [1.54, 1.807) is 36.7 Å². The molecule has 1 aliphatic rings. The van der Waals surface area contributed by atoms with Crippen molar-refractivity contribution < 1.29 is 14.7 Å². The van der Waals surface area contributed by atoms with Crippen molar-refractivity contribution in [2.75, 3.05) is 6.54 Å². The normalized spacial score (nSPS) is 14.4. The average molecular weight is 380 g/mol. The van der Waals surface area contributed by atoms with Crippen LogP contribution in [0.3, 0.4) is 0 Å². The zero-order valence-electron chi connectivity index (χ0n) is 16.2. The zero-order valence-corrected chi connectivity index (χ0v) is 16.2. The van der Waals surface area contributed by atoms with E-state index in [0.29, 0.717) is 17.7 Å². The Balaban J connectivity index is 1.23. The SMILES string of the molecule is O=C1c2ccccc2C(=O)N1CCCCCCCCCC(O)c1ccncc1. The molecule has 0 spiro atoms. The monoisotopic (exact) mass is 380 g/mol. The molecule has 5 heteroatoms. The van der Waals surface area contributed by atoms with Gasteiger partial charge in [0.25, 0.3) is 11.8 Å². The molecule has 0 saturated carbocycles. The number of fused-ring (bicyclic) bond motifs is 1. The Bertz CT molecular complexity index is 756. The van der Waals surface area contributed by atoms with Gasteiger partial charge < -0.3 is 5.11 Å². The van der Waals surface area contributed by atoms with Gasteiger partial charge in [-0.05, 0) is 42.7 Å². The van der Waals surface area contributed by atoms with Gasteiger partial charge in [-0.2, -0.15) is 0 Å². The number of amides is 2. The molecule has 1 atom stereocenters. The summed E-state index contributed by atoms with van der Waals surface area (Å²) in [7, 11) is 0. The van der Waals surface area contributed by atoms with Gasteiger partial charge in [-0.1, -0.05) is 50.7 Å². The number of hydrogen-bond acceptors (Lipinski definition) is 4. The highest BCUT2D eigenvalue weighted by atomic mass is 16.3. The van der Waals surface area contributed by atoms with Crippen LogP contribution in [0.5, 0.6) is 0 Å². The number of hydrogen-bond donors (Lipinski definition) is 1. The summed E-state index contributed by atoms with van der Waals surface area (Å²) < 4.78 is 0. The number of nitrogens with zero attached hydrogens (tertiary/aromatic N) is 2. The Kier molecular flexibility index (Phi) is 7.31. The first-order valence-electron chi connectivity index (χ1n) is 10.2. The van der Waals surface area contributed by atoms with Crippen molar-refractivity contribution >= 4 is 11.8 Å². The Morgan fingerprint density at radius 2 is 1.32 bits per heavy atom. The number of carbonyl (C=O) groups excluding carboxylic acids is 2. The number of aromatic nitrogens is 1. The minimum atomic E-state index is -0.400. The van der Waals surface area contributed by atoms with Crippen molar-refractivity contribution in [2.45, 2.75) is 57.5 Å². The molecule has 1 aromatic heterocycles. The summed E-state index contributed by atoms with van der Waals surface area (Å²) in [6.45, 7) is 0.504. The molecule has 1 aromatic carbocycles. The number of unbranched alkanes of at least 4 members (excludes halogenated alkanes) is 6. The second-order valence-electron chi connectivity index (χ2n) is 7.37. The molecule has 5 nitrogen and oxygen atoms in total. The van der Waals surface area contributed by atoms with E-state index in [2.05, 4.69) is 4.98 Å². The fraction of sp³-hybridized carbons (Fsp3) is 0.435. The molecule has 1 N–H and O–H groups in total. The lowest BCUT2D eigenvalue weighted by Crippen LogP contribution is -2.30. The molecule has 28 heavy (non-hydrogen) atoms. The van der Waals surface area contributed by atoms with E-state index in [-0.39, 0.29) is 11.8 Å². The number of pyridine rings is 1. The molecule has 0 bridgehead atoms. The molecule has 0 radical (unpaired) electrons. The highest BCUT2D eigenvalue weighted by Gasteiger charge is 2.34. The van der Waals surface area contributed by atoms with E-state index in [4.69, 9.17) is 0 Å². The molecule has 1 unspecified atom stereocenters. The summed E-state index contributed by atoms with van der Waals surface area (Å²) in [6, 6.07) is 10.8. The van der Waals surface area contributed by atoms with Gasteiger partial charge in [-0.15, -0.1) is 0 Å². The second-order valence-corrected chi connectivity index (χ2v) is 7.37. The highest BCUT2D eigenvalue weighted by molar-refractivity contribution is 6.21. The number of aliphatic hydroxyl groups excluding tert-OH is 1. The van der Waals surface area contributed by atoms with E-state index in [1.807, 2.05) is 12.1 Å². The van der Waals surface area contributed by atoms with Crippen molar-refractivity contribution in [1.82, 2.24) is 9.88 Å². The first-order chi connectivity index (χ1) is 13.7. The van der Waals surface area contributed by atoms with Crippen molar-refractivity contribution in [3.05, 3.63) is 65.5 Å². The fourth-order valence-electron chi connectivity index (χ4n) is 3.69. The maximum absolute atomic E-state index is 12.3. The second kappa shape index (κ2) is 10.1. The van der Waals surface area contributed by atoms with E-state index >= 15 is 0 Å². The predicted octanol–water partition coefficient (Wildman–Crippen LogP) is 4.53. The van der Waals surface area contributed by atoms with Crippen LogP contribution in [0, 0.1) is 0 Å². The molecule has 2 aromatic rings. The van der Waals surface area contributed by atoms with E-state index in [0.717, 1.165) is 56.9 Å². The summed E-state index contributed by atoms with van der Waals surface area (Å²) in [5.74, 6) is -0.318. The van der Waals surface area contributed by atoms with Crippen LogP contribution in [-0.2, 0) is 0 Å². The third-order valence-electron chi connectivity index (χ3n) is 5.33. The molecule has 3 rings (SSSR count). The Morgan fingerprint density at radius 1 is 0.786 bits per heavy atom. The molecule has 1 aliphatic heterocycles. The van der Waals surface area contributed by atoms with Gasteiger partial charge in [0, 0.05) is 18.9 Å². The van der Waals surface area contributed by atoms with Gasteiger partial charge in [0.1, 0.15) is 0 Å². The van der Waals surface area contributed by atoms with Gasteiger partial charge in [0.15, 0.2) is 0 Å². The number of rotatable bonds is 11. The van der Waals surface area contributed by atoms with Crippen LogP contribution < -0.4 is 0 Å². The Labute approximate surface area is 166 Å². The van der Waals surface area contributed by atoms with E-state index in [9.17, 15) is 14.7 Å². The van der Waals surface area contributed by atoms with Crippen molar-refractivity contribution in [1.29, 1.82) is 0 Å². The van der Waals surface area contributed by atoms with Crippen LogP contribution in [0.15, 0.2) is 48.8 Å². The largest absolute Gasteiger partial charge is 0.388 e. The third-order valence-corrected chi connectivity index (χ3v) is 5.33. The minimum absolute atomic E-state index is 0.159. The molecular weight excluding hydrogens is 352 g/mol. The quantitative estimate of drug-likeness (QED) is 0.459. The molecule has 148 valence electrons. The number of imide groups is 1. The van der Waals surface area contributed by atoms with Crippen LogP contribution in [0.25, 0.3) is 0 Å². The van der Waals surface area contributed by atoms with Crippen LogP contribution in [0.1, 0.15) is 83.7 Å². The van der Waals surface area contributed by atoms with Gasteiger partial charge >= 0.3 is 0 Å². The minimum Gasteiger partial charge on any atom is -0.388 e.